The van der Waals surface area contributed by atoms with E-state index in [4.69, 9.17) is 0 Å². The number of allylic oxidation sites excluding steroid dienone is 1. The van der Waals surface area contributed by atoms with Crippen molar-refractivity contribution in [1.82, 2.24) is 30.0 Å². The highest BCUT2D eigenvalue weighted by molar-refractivity contribution is 7.17. The smallest absolute Gasteiger partial charge is 0.265 e. The molecule has 0 saturated heterocycles. The fraction of sp³-hybridized carbons (Fsp3) is 0.462. The largest absolute Gasteiger partial charge is 0.305 e. The summed E-state index contributed by atoms with van der Waals surface area (Å²) in [6, 6.07) is 0. The van der Waals surface area contributed by atoms with Crippen molar-refractivity contribution in [2.75, 3.05) is 0 Å². The van der Waals surface area contributed by atoms with E-state index >= 15 is 0 Å². The Kier molecular flexibility index (Phi) is 3.03. The molecule has 1 aliphatic carbocycles. The summed E-state index contributed by atoms with van der Waals surface area (Å²) in [5, 5.41) is 15.2. The van der Waals surface area contributed by atoms with Gasteiger partial charge < -0.3 is 0 Å². The molecule has 1 aliphatic rings. The molecule has 3 heterocycles. The van der Waals surface area contributed by atoms with Gasteiger partial charge in [0.1, 0.15) is 5.01 Å². The summed E-state index contributed by atoms with van der Waals surface area (Å²) in [6.45, 7) is 0. The zero-order valence-electron chi connectivity index (χ0n) is 11.3. The van der Waals surface area contributed by atoms with E-state index in [-0.39, 0.29) is 11.1 Å². The van der Waals surface area contributed by atoms with Crippen molar-refractivity contribution in [2.45, 2.75) is 32.1 Å². The third-order valence-corrected chi connectivity index (χ3v) is 4.74. The highest BCUT2D eigenvalue weighted by atomic mass is 32.1. The lowest BCUT2D eigenvalue weighted by atomic mass is 9.89. The molecule has 0 atom stereocenters. The summed E-state index contributed by atoms with van der Waals surface area (Å²) in [4.78, 5) is 17.0. The lowest BCUT2D eigenvalue weighted by molar-refractivity contribution is 0.420. The first-order valence-corrected chi connectivity index (χ1v) is 7.91. The molecule has 7 nitrogen and oxygen atoms in total. The molecule has 3 aromatic heterocycles. The molecule has 0 amide bonds. The van der Waals surface area contributed by atoms with Crippen molar-refractivity contribution in [1.29, 1.82) is 0 Å². The minimum atomic E-state index is -0.280. The second-order valence-electron chi connectivity index (χ2n) is 5.30. The molecular weight excluding hydrogens is 288 g/mol. The van der Waals surface area contributed by atoms with E-state index in [2.05, 4.69) is 31.6 Å². The normalized spacial score (nSPS) is 17.3. The summed E-state index contributed by atoms with van der Waals surface area (Å²) >= 11 is 1.39. The molecule has 1 N–H and O–H groups in total. The Labute approximate surface area is 123 Å². The number of nitrogens with one attached hydrogen (secondary N) is 1. The van der Waals surface area contributed by atoms with E-state index in [1.54, 1.807) is 0 Å². The van der Waals surface area contributed by atoms with Crippen LogP contribution < -0.4 is 5.56 Å². The van der Waals surface area contributed by atoms with Gasteiger partial charge in [-0.05, 0) is 24.8 Å². The average Bonchev–Trinajstić information content (AvgIpc) is 3.13. The van der Waals surface area contributed by atoms with Crippen LogP contribution in [0.2, 0.25) is 0 Å². The van der Waals surface area contributed by atoms with E-state index in [9.17, 15) is 4.79 Å². The van der Waals surface area contributed by atoms with Crippen LogP contribution in [-0.2, 0) is 0 Å². The lowest BCUT2D eigenvalue weighted by Crippen LogP contribution is -2.15. The van der Waals surface area contributed by atoms with Crippen LogP contribution in [0.1, 0.15) is 37.1 Å². The van der Waals surface area contributed by atoms with E-state index in [0.29, 0.717) is 16.5 Å². The highest BCUT2D eigenvalue weighted by Crippen LogP contribution is 2.25. The predicted octanol–water partition coefficient (Wildman–Crippen LogP) is 2.02. The first-order valence-electron chi connectivity index (χ1n) is 7.10. The van der Waals surface area contributed by atoms with Gasteiger partial charge in [0.15, 0.2) is 5.52 Å². The summed E-state index contributed by atoms with van der Waals surface area (Å²) in [6.07, 6.45) is 10.7. The SMILES string of the molecule is O=c1c2n[nH]nc2nc2sc(/C=C/C3CCCCC3)nn12. The maximum Gasteiger partial charge on any atom is 0.305 e. The van der Waals surface area contributed by atoms with E-state index < -0.39 is 0 Å². The van der Waals surface area contributed by atoms with Crippen LogP contribution in [0, 0.1) is 5.92 Å². The van der Waals surface area contributed by atoms with Crippen molar-refractivity contribution in [3.63, 3.8) is 0 Å². The van der Waals surface area contributed by atoms with Crippen molar-refractivity contribution < 1.29 is 0 Å². The van der Waals surface area contributed by atoms with Crippen LogP contribution in [-0.4, -0.2) is 30.0 Å². The zero-order chi connectivity index (χ0) is 14.2. The van der Waals surface area contributed by atoms with Crippen molar-refractivity contribution in [2.24, 2.45) is 5.92 Å². The van der Waals surface area contributed by atoms with Gasteiger partial charge in [0.05, 0.1) is 0 Å². The van der Waals surface area contributed by atoms with Crippen molar-refractivity contribution in [3.05, 3.63) is 21.4 Å². The summed E-state index contributed by atoms with van der Waals surface area (Å²) in [7, 11) is 0. The lowest BCUT2D eigenvalue weighted by Gasteiger charge is -2.17. The monoisotopic (exact) mass is 302 g/mol. The number of rotatable bonds is 2. The molecule has 0 bridgehead atoms. The molecule has 1 saturated carbocycles. The third kappa shape index (κ3) is 2.25. The number of hydrogen-bond donors (Lipinski definition) is 1. The van der Waals surface area contributed by atoms with Gasteiger partial charge in [-0.15, -0.1) is 10.2 Å². The van der Waals surface area contributed by atoms with Crippen LogP contribution in [0.3, 0.4) is 0 Å². The van der Waals surface area contributed by atoms with Crippen LogP contribution in [0.25, 0.3) is 22.2 Å². The molecular formula is C13H14N6OS. The van der Waals surface area contributed by atoms with Crippen LogP contribution in [0.4, 0.5) is 0 Å². The maximum absolute atomic E-state index is 12.2. The molecule has 0 aliphatic heterocycles. The Morgan fingerprint density at radius 3 is 2.95 bits per heavy atom. The minimum Gasteiger partial charge on any atom is -0.265 e. The minimum absolute atomic E-state index is 0.223. The van der Waals surface area contributed by atoms with Crippen molar-refractivity contribution >= 4 is 33.5 Å². The van der Waals surface area contributed by atoms with E-state index in [1.807, 2.05) is 6.08 Å². The number of fused-ring (bicyclic) bond motifs is 2. The Balaban J connectivity index is 1.71. The molecule has 4 rings (SSSR count). The van der Waals surface area contributed by atoms with Crippen molar-refractivity contribution in [3.8, 4) is 0 Å². The predicted molar refractivity (Wildman–Crippen MR) is 80.2 cm³/mol. The van der Waals surface area contributed by atoms with Gasteiger partial charge in [0.25, 0.3) is 0 Å². The highest BCUT2D eigenvalue weighted by Gasteiger charge is 2.13. The molecule has 0 spiro atoms. The quantitative estimate of drug-likeness (QED) is 0.782. The number of aromatic amines is 1. The molecule has 3 aromatic rings. The van der Waals surface area contributed by atoms with E-state index in [0.717, 1.165) is 5.01 Å². The molecule has 0 unspecified atom stereocenters. The van der Waals surface area contributed by atoms with E-state index in [1.165, 1.54) is 48.0 Å². The van der Waals surface area contributed by atoms with Gasteiger partial charge in [-0.1, -0.05) is 36.7 Å². The molecule has 21 heavy (non-hydrogen) atoms. The van der Waals surface area contributed by atoms with Gasteiger partial charge in [-0.2, -0.15) is 19.8 Å². The summed E-state index contributed by atoms with van der Waals surface area (Å²) < 4.78 is 1.30. The Hall–Kier alpha value is -2.09. The van der Waals surface area contributed by atoms with Gasteiger partial charge >= 0.3 is 5.56 Å². The molecule has 1 fully saturated rings. The van der Waals surface area contributed by atoms with Crippen LogP contribution >= 0.6 is 11.3 Å². The summed E-state index contributed by atoms with van der Waals surface area (Å²) in [5.74, 6) is 0.634. The molecule has 0 radical (unpaired) electrons. The number of H-pyrrole nitrogens is 1. The average molecular weight is 302 g/mol. The van der Waals surface area contributed by atoms with Crippen LogP contribution in [0.15, 0.2) is 10.9 Å². The molecule has 8 heteroatoms. The third-order valence-electron chi connectivity index (χ3n) is 3.86. The summed E-state index contributed by atoms with van der Waals surface area (Å²) in [5.41, 5.74) is 0.282. The topological polar surface area (TPSA) is 88.8 Å². The number of hydrogen-bond acceptors (Lipinski definition) is 6. The number of nitrogens with zero attached hydrogens (tertiary/aromatic N) is 5. The first-order chi connectivity index (χ1) is 10.3. The van der Waals surface area contributed by atoms with Crippen LogP contribution in [0.5, 0.6) is 0 Å². The zero-order valence-corrected chi connectivity index (χ0v) is 12.1. The Morgan fingerprint density at radius 2 is 2.10 bits per heavy atom. The first kappa shape index (κ1) is 12.6. The second kappa shape index (κ2) is 5.03. The number of aromatic nitrogens is 6. The fourth-order valence-electron chi connectivity index (χ4n) is 2.75. The Bertz CT molecular complexity index is 870. The van der Waals surface area contributed by atoms with Gasteiger partial charge in [-0.3, -0.25) is 4.79 Å². The maximum atomic E-state index is 12.2. The fourth-order valence-corrected chi connectivity index (χ4v) is 3.55. The molecule has 0 aromatic carbocycles. The van der Waals surface area contributed by atoms with Gasteiger partial charge in [-0.25, -0.2) is 0 Å². The van der Waals surface area contributed by atoms with Gasteiger partial charge in [0.2, 0.25) is 10.6 Å². The molecule has 108 valence electrons. The Morgan fingerprint density at radius 1 is 1.24 bits per heavy atom. The van der Waals surface area contributed by atoms with Gasteiger partial charge in [0, 0.05) is 0 Å². The second-order valence-corrected chi connectivity index (χ2v) is 6.29. The standard InChI is InChI=1S/C13H14N6OS/c20-12-10-11(16-18-15-10)14-13-19(12)17-9(21-13)7-6-8-4-2-1-3-5-8/h6-8H,1-5H2,(H,15,16,18)/b7-6+.